The quantitative estimate of drug-likeness (QED) is 0.725. The number of benzene rings is 1. The molecule has 0 aliphatic rings. The Morgan fingerprint density at radius 1 is 1.11 bits per heavy atom. The van der Waals surface area contributed by atoms with E-state index in [1.54, 1.807) is 0 Å². The van der Waals surface area contributed by atoms with E-state index in [1.165, 1.54) is 6.92 Å². The number of nitrogens with one attached hydrogen (secondary N) is 1. The lowest BCUT2D eigenvalue weighted by atomic mass is 10.0. The van der Waals surface area contributed by atoms with Crippen LogP contribution in [-0.2, 0) is 28.4 Å². The maximum Gasteiger partial charge on any atom is 0.416 e. The Bertz CT molecular complexity index is 720. The van der Waals surface area contributed by atoms with Gasteiger partial charge >= 0.3 is 12.4 Å². The summed E-state index contributed by atoms with van der Waals surface area (Å²) in [5.41, 5.74) is 1.44. The minimum absolute atomic E-state index is 0.0534. The molecule has 2 amide bonds. The maximum absolute atomic E-state index is 12.8. The summed E-state index contributed by atoms with van der Waals surface area (Å²) in [6.45, 7) is 1.45. The number of primary amides is 1. The van der Waals surface area contributed by atoms with Gasteiger partial charge in [-0.1, -0.05) is 0 Å². The minimum atomic E-state index is -5.04. The first-order chi connectivity index (χ1) is 12.2. The fourth-order valence-corrected chi connectivity index (χ4v) is 2.20. The van der Waals surface area contributed by atoms with Gasteiger partial charge in [0.15, 0.2) is 0 Å². The average molecular weight is 395 g/mol. The summed E-state index contributed by atoms with van der Waals surface area (Å²) in [6.07, 6.45) is -11.1. The van der Waals surface area contributed by atoms with Crippen molar-refractivity contribution < 1.29 is 35.9 Å². The average Bonchev–Trinajstić information content (AvgIpc) is 2.51. The van der Waals surface area contributed by atoms with Crippen LogP contribution in [0.2, 0.25) is 0 Å². The third-order valence-corrected chi connectivity index (χ3v) is 3.50. The minimum Gasteiger partial charge on any atom is -0.368 e. The first-order valence-corrected chi connectivity index (χ1v) is 7.50. The van der Waals surface area contributed by atoms with E-state index in [0.29, 0.717) is 12.1 Å². The van der Waals surface area contributed by atoms with Gasteiger partial charge in [-0.25, -0.2) is 0 Å². The molecular weight excluding hydrogens is 380 g/mol. The van der Waals surface area contributed by atoms with Crippen LogP contribution in [0.5, 0.6) is 0 Å². The van der Waals surface area contributed by atoms with E-state index in [9.17, 15) is 35.9 Å². The largest absolute Gasteiger partial charge is 0.416 e. The molecular formula is C16H15F6N3O2. The van der Waals surface area contributed by atoms with E-state index in [-0.39, 0.29) is 12.5 Å². The fourth-order valence-electron chi connectivity index (χ4n) is 2.20. The Hall–Kier alpha value is -2.77. The molecule has 0 unspecified atom stereocenters. The molecule has 0 saturated carbocycles. The third kappa shape index (κ3) is 6.80. The fraction of sp³-hybridized carbons (Fsp3) is 0.438. The summed E-state index contributed by atoms with van der Waals surface area (Å²) < 4.78 is 76.9. The Morgan fingerprint density at radius 2 is 1.59 bits per heavy atom. The Labute approximate surface area is 150 Å². The number of rotatable bonds is 6. The van der Waals surface area contributed by atoms with Gasteiger partial charge in [0.05, 0.1) is 23.6 Å². The van der Waals surface area contributed by atoms with Crippen molar-refractivity contribution in [2.75, 3.05) is 0 Å². The molecule has 0 heterocycles. The highest BCUT2D eigenvalue weighted by molar-refractivity contribution is 5.87. The zero-order chi connectivity index (χ0) is 21.0. The van der Waals surface area contributed by atoms with Crippen LogP contribution in [0.4, 0.5) is 26.3 Å². The van der Waals surface area contributed by atoms with Gasteiger partial charge in [0.25, 0.3) is 0 Å². The lowest BCUT2D eigenvalue weighted by Gasteiger charge is -2.17. The normalized spacial score (nSPS) is 14.1. The second kappa shape index (κ2) is 8.28. The highest BCUT2D eigenvalue weighted by Crippen LogP contribution is 2.36. The van der Waals surface area contributed by atoms with Crippen molar-refractivity contribution in [1.29, 1.82) is 5.26 Å². The molecule has 0 aromatic heterocycles. The summed E-state index contributed by atoms with van der Waals surface area (Å²) in [5, 5.41) is 10.8. The van der Waals surface area contributed by atoms with Crippen molar-refractivity contribution in [3.8, 4) is 6.07 Å². The zero-order valence-electron chi connectivity index (χ0n) is 13.9. The molecule has 2 atom stereocenters. The molecule has 5 nitrogen and oxygen atoms in total. The van der Waals surface area contributed by atoms with Crippen molar-refractivity contribution in [2.24, 2.45) is 11.7 Å². The van der Waals surface area contributed by atoms with E-state index in [1.807, 2.05) is 6.07 Å². The Balaban J connectivity index is 3.07. The first-order valence-electron chi connectivity index (χ1n) is 7.50. The van der Waals surface area contributed by atoms with E-state index in [4.69, 9.17) is 11.0 Å². The number of nitriles is 1. The number of amides is 2. The zero-order valence-corrected chi connectivity index (χ0v) is 13.9. The van der Waals surface area contributed by atoms with Crippen molar-refractivity contribution in [3.63, 3.8) is 0 Å². The van der Waals surface area contributed by atoms with Gasteiger partial charge < -0.3 is 11.1 Å². The van der Waals surface area contributed by atoms with Crippen LogP contribution >= 0.6 is 0 Å². The molecule has 1 aromatic rings. The summed E-state index contributed by atoms with van der Waals surface area (Å²) in [6, 6.07) is 1.33. The molecule has 0 fully saturated rings. The second-order valence-electron chi connectivity index (χ2n) is 5.88. The van der Waals surface area contributed by atoms with Crippen molar-refractivity contribution in [2.45, 2.75) is 38.2 Å². The second-order valence-corrected chi connectivity index (χ2v) is 5.88. The van der Waals surface area contributed by atoms with Crippen LogP contribution in [0.3, 0.4) is 0 Å². The van der Waals surface area contributed by atoms with Crippen molar-refractivity contribution in [3.05, 3.63) is 34.9 Å². The van der Waals surface area contributed by atoms with E-state index in [0.717, 1.165) is 0 Å². The molecule has 0 radical (unpaired) electrons. The van der Waals surface area contributed by atoms with Crippen LogP contribution in [0, 0.1) is 17.2 Å². The van der Waals surface area contributed by atoms with Crippen molar-refractivity contribution >= 4 is 11.8 Å². The summed E-state index contributed by atoms with van der Waals surface area (Å²) in [7, 11) is 0. The lowest BCUT2D eigenvalue weighted by Crippen LogP contribution is -2.45. The number of carbonyl (C=O) groups is 2. The van der Waals surface area contributed by atoms with Gasteiger partial charge in [0, 0.05) is 5.92 Å². The summed E-state index contributed by atoms with van der Waals surface area (Å²) in [4.78, 5) is 23.3. The number of hydrogen-bond acceptors (Lipinski definition) is 3. The highest BCUT2D eigenvalue weighted by atomic mass is 19.4. The summed E-state index contributed by atoms with van der Waals surface area (Å²) in [5.74, 6) is -2.64. The monoisotopic (exact) mass is 395 g/mol. The SMILES string of the molecule is C[C@@H](C#N)C[C@@H](NC(=O)Cc1cc(C(F)(F)F)cc(C(F)(F)F)c1)C(N)=O. The van der Waals surface area contributed by atoms with E-state index < -0.39 is 59.2 Å². The number of nitrogens with two attached hydrogens (primary N) is 1. The van der Waals surface area contributed by atoms with Crippen LogP contribution in [0.15, 0.2) is 18.2 Å². The molecule has 0 bridgehead atoms. The van der Waals surface area contributed by atoms with Gasteiger partial charge in [-0.3, -0.25) is 9.59 Å². The number of nitrogens with zero attached hydrogens (tertiary/aromatic N) is 1. The van der Waals surface area contributed by atoms with Gasteiger partial charge in [-0.2, -0.15) is 31.6 Å². The molecule has 148 valence electrons. The van der Waals surface area contributed by atoms with Crippen LogP contribution in [0.1, 0.15) is 30.0 Å². The Morgan fingerprint density at radius 3 is 1.96 bits per heavy atom. The van der Waals surface area contributed by atoms with Gasteiger partial charge in [0.1, 0.15) is 6.04 Å². The first kappa shape index (κ1) is 22.3. The van der Waals surface area contributed by atoms with Crippen LogP contribution in [0.25, 0.3) is 0 Å². The summed E-state index contributed by atoms with van der Waals surface area (Å²) >= 11 is 0. The maximum atomic E-state index is 12.8. The molecule has 1 aromatic carbocycles. The van der Waals surface area contributed by atoms with Gasteiger partial charge in [-0.05, 0) is 37.1 Å². The van der Waals surface area contributed by atoms with Gasteiger partial charge in [0.2, 0.25) is 11.8 Å². The Kier molecular flexibility index (Phi) is 6.83. The molecule has 1 rings (SSSR count). The molecule has 3 N–H and O–H groups in total. The number of halogens is 6. The smallest absolute Gasteiger partial charge is 0.368 e. The molecule has 0 aliphatic carbocycles. The molecule has 0 saturated heterocycles. The predicted octanol–water partition coefficient (Wildman–Crippen LogP) is 2.79. The highest BCUT2D eigenvalue weighted by Gasteiger charge is 2.37. The lowest BCUT2D eigenvalue weighted by molar-refractivity contribution is -0.143. The van der Waals surface area contributed by atoms with Crippen LogP contribution < -0.4 is 11.1 Å². The number of carbonyl (C=O) groups excluding carboxylic acids is 2. The third-order valence-electron chi connectivity index (χ3n) is 3.50. The molecule has 0 aliphatic heterocycles. The standard InChI is InChI=1S/C16H15F6N3O2/c1-8(7-23)2-12(14(24)27)25-13(26)5-9-3-10(15(17,18)19)6-11(4-9)16(20,21)22/h3-4,6,8,12H,2,5H2,1H3,(H2,24,27)(H,25,26)/t8-,12-/m1/s1. The topological polar surface area (TPSA) is 96.0 Å². The molecule has 27 heavy (non-hydrogen) atoms. The molecule has 0 spiro atoms. The predicted molar refractivity (Wildman–Crippen MR) is 80.7 cm³/mol. The van der Waals surface area contributed by atoms with Crippen LogP contribution in [-0.4, -0.2) is 17.9 Å². The van der Waals surface area contributed by atoms with E-state index in [2.05, 4.69) is 5.32 Å². The van der Waals surface area contributed by atoms with E-state index >= 15 is 0 Å². The molecule has 11 heteroatoms. The van der Waals surface area contributed by atoms with Crippen molar-refractivity contribution in [1.82, 2.24) is 5.32 Å². The van der Waals surface area contributed by atoms with Gasteiger partial charge in [-0.15, -0.1) is 0 Å². The number of hydrogen-bond donors (Lipinski definition) is 2. The number of alkyl halides is 6.